The number of hydrogen-bond acceptors (Lipinski definition) is 10. The average Bonchev–Trinajstić information content (AvgIpc) is 3.25. The normalized spacial score (nSPS) is 20.5. The van der Waals surface area contributed by atoms with Crippen molar-refractivity contribution in [3.05, 3.63) is 165 Å². The van der Waals surface area contributed by atoms with Crippen LogP contribution in [0.1, 0.15) is 47.1 Å². The fourth-order valence-corrected chi connectivity index (χ4v) is 8.75. The first-order valence-corrected chi connectivity index (χ1v) is 21.2. The van der Waals surface area contributed by atoms with Crippen LogP contribution in [0.15, 0.2) is 132 Å². The fourth-order valence-electron chi connectivity index (χ4n) is 7.56. The molecule has 0 aromatic heterocycles. The van der Waals surface area contributed by atoms with E-state index in [1.54, 1.807) is 42.5 Å². The van der Waals surface area contributed by atoms with Crippen LogP contribution in [0.2, 0.25) is 0 Å². The number of sulfonamides is 1. The fraction of sp³-hybridized carbons (Fsp3) is 0.311. The van der Waals surface area contributed by atoms with Gasteiger partial charge in [-0.3, -0.25) is 19.8 Å². The van der Waals surface area contributed by atoms with Gasteiger partial charge in [0.2, 0.25) is 15.9 Å². The summed E-state index contributed by atoms with van der Waals surface area (Å²) in [6.45, 7) is 7.59. The number of amides is 1. The van der Waals surface area contributed by atoms with Crippen molar-refractivity contribution in [2.24, 2.45) is 5.92 Å². The monoisotopic (exact) mass is 819 g/mol. The predicted molar refractivity (Wildman–Crippen MR) is 225 cm³/mol. The van der Waals surface area contributed by atoms with Gasteiger partial charge >= 0.3 is 0 Å². The lowest BCUT2D eigenvalue weighted by atomic mass is 9.90. The number of hydrogen-bond donors (Lipinski definition) is 3. The van der Waals surface area contributed by atoms with Crippen molar-refractivity contribution in [2.45, 2.75) is 56.3 Å². The van der Waals surface area contributed by atoms with Gasteiger partial charge in [0.1, 0.15) is 6.04 Å². The Balaban J connectivity index is 1.09. The standard InChI is InChI=1S/C45H49N5O8S/c1-31-11-21-40(22-12-31)59(55,56)47-41(27-33-7-4-3-5-8-33)44(52)46-37-10-6-9-36(28-37)45-57-42(32(2)43(58-45)35-15-13-34(30-51)14-16-35)29-48-23-25-49(26-24-48)38-17-19-39(20-18-38)50(53)54/h3-22,28,32,41-43,45,47,51H,23-27,29-30H2,1-2H3,(H,46,52). The molecule has 59 heavy (non-hydrogen) atoms. The van der Waals surface area contributed by atoms with Crippen LogP contribution >= 0.6 is 0 Å². The predicted octanol–water partition coefficient (Wildman–Crippen LogP) is 6.54. The molecule has 2 saturated heterocycles. The number of nitro benzene ring substituents is 1. The van der Waals surface area contributed by atoms with E-state index in [9.17, 15) is 28.4 Å². The molecular weight excluding hydrogens is 771 g/mol. The van der Waals surface area contributed by atoms with Gasteiger partial charge in [0, 0.05) is 67.7 Å². The third-order valence-electron chi connectivity index (χ3n) is 11.0. The van der Waals surface area contributed by atoms with Crippen LogP contribution in [0.3, 0.4) is 0 Å². The van der Waals surface area contributed by atoms with E-state index < -0.39 is 33.2 Å². The Hall–Kier alpha value is -5.48. The highest BCUT2D eigenvalue weighted by Crippen LogP contribution is 2.42. The Morgan fingerprint density at radius 1 is 0.847 bits per heavy atom. The molecule has 7 rings (SSSR count). The number of ether oxygens (including phenoxy) is 2. The number of benzene rings is 5. The molecule has 1 amide bonds. The molecule has 0 radical (unpaired) electrons. The Morgan fingerprint density at radius 3 is 2.20 bits per heavy atom. The molecule has 5 atom stereocenters. The van der Waals surface area contributed by atoms with Crippen LogP contribution in [0, 0.1) is 23.0 Å². The molecule has 2 fully saturated rings. The summed E-state index contributed by atoms with van der Waals surface area (Å²) in [5.74, 6) is -0.574. The van der Waals surface area contributed by atoms with Crippen LogP contribution in [-0.2, 0) is 37.3 Å². The number of aryl methyl sites for hydroxylation is 1. The Labute approximate surface area is 344 Å². The zero-order chi connectivity index (χ0) is 41.5. The summed E-state index contributed by atoms with van der Waals surface area (Å²) in [6, 6.07) is 36.2. The van der Waals surface area contributed by atoms with Crippen molar-refractivity contribution in [1.29, 1.82) is 0 Å². The van der Waals surface area contributed by atoms with E-state index in [1.165, 1.54) is 24.3 Å². The van der Waals surface area contributed by atoms with Crippen molar-refractivity contribution in [1.82, 2.24) is 9.62 Å². The van der Waals surface area contributed by atoms with Crippen LogP contribution in [-0.4, -0.2) is 74.1 Å². The van der Waals surface area contributed by atoms with Gasteiger partial charge in [0.15, 0.2) is 6.29 Å². The van der Waals surface area contributed by atoms with Crippen molar-refractivity contribution >= 4 is 33.0 Å². The molecule has 2 aliphatic rings. The van der Waals surface area contributed by atoms with E-state index in [-0.39, 0.29) is 41.7 Å². The van der Waals surface area contributed by atoms with E-state index >= 15 is 0 Å². The second-order valence-electron chi connectivity index (χ2n) is 15.2. The maximum Gasteiger partial charge on any atom is 0.269 e. The van der Waals surface area contributed by atoms with Gasteiger partial charge in [-0.15, -0.1) is 0 Å². The number of rotatable bonds is 14. The van der Waals surface area contributed by atoms with Gasteiger partial charge in [-0.05, 0) is 66.4 Å². The summed E-state index contributed by atoms with van der Waals surface area (Å²) in [5.41, 5.74) is 5.60. The molecule has 14 heteroatoms. The zero-order valence-electron chi connectivity index (χ0n) is 33.0. The van der Waals surface area contributed by atoms with Gasteiger partial charge in [-0.25, -0.2) is 8.42 Å². The number of nitro groups is 1. The van der Waals surface area contributed by atoms with Crippen molar-refractivity contribution in [3.63, 3.8) is 0 Å². The lowest BCUT2D eigenvalue weighted by Gasteiger charge is -2.44. The second-order valence-corrected chi connectivity index (χ2v) is 16.9. The van der Waals surface area contributed by atoms with Gasteiger partial charge in [-0.2, -0.15) is 4.72 Å². The third-order valence-corrected chi connectivity index (χ3v) is 12.5. The number of aliphatic hydroxyl groups excluding tert-OH is 1. The van der Waals surface area contributed by atoms with E-state index in [4.69, 9.17) is 9.47 Å². The lowest BCUT2D eigenvalue weighted by molar-refractivity contribution is -0.384. The quantitative estimate of drug-likeness (QED) is 0.0829. The lowest BCUT2D eigenvalue weighted by Crippen LogP contribution is -2.51. The molecule has 308 valence electrons. The van der Waals surface area contributed by atoms with Crippen molar-refractivity contribution in [3.8, 4) is 0 Å². The molecule has 3 N–H and O–H groups in total. The SMILES string of the molecule is Cc1ccc(S(=O)(=O)NC(Cc2ccccc2)C(=O)Nc2cccc(C3OC(CN4CCN(c5ccc([N+](=O)[O-])cc5)CC4)C(C)C(c4ccc(CO)cc4)O3)c2)cc1. The summed E-state index contributed by atoms with van der Waals surface area (Å²) >= 11 is 0. The maximum absolute atomic E-state index is 14.0. The Kier molecular flexibility index (Phi) is 13.2. The summed E-state index contributed by atoms with van der Waals surface area (Å²) < 4.78 is 43.1. The molecule has 0 bridgehead atoms. The minimum Gasteiger partial charge on any atom is -0.392 e. The first-order valence-electron chi connectivity index (χ1n) is 19.7. The second kappa shape index (κ2) is 18.6. The van der Waals surface area contributed by atoms with Crippen LogP contribution in [0.25, 0.3) is 0 Å². The van der Waals surface area contributed by atoms with Gasteiger partial charge in [-0.1, -0.05) is 91.3 Å². The van der Waals surface area contributed by atoms with E-state index in [0.717, 1.165) is 54.1 Å². The number of non-ortho nitro benzene ring substituents is 1. The summed E-state index contributed by atoms with van der Waals surface area (Å²) in [4.78, 5) is 29.4. The van der Waals surface area contributed by atoms with E-state index in [1.807, 2.05) is 67.6 Å². The number of aliphatic hydroxyl groups is 1. The highest BCUT2D eigenvalue weighted by Gasteiger charge is 2.40. The van der Waals surface area contributed by atoms with E-state index in [0.29, 0.717) is 17.8 Å². The Morgan fingerprint density at radius 2 is 1.54 bits per heavy atom. The summed E-state index contributed by atoms with van der Waals surface area (Å²) in [6.07, 6.45) is -1.26. The molecule has 5 unspecified atom stereocenters. The largest absolute Gasteiger partial charge is 0.392 e. The van der Waals surface area contributed by atoms with Gasteiger partial charge in [0.05, 0.1) is 28.6 Å². The molecule has 0 saturated carbocycles. The summed E-state index contributed by atoms with van der Waals surface area (Å²) in [5, 5.41) is 23.8. The first-order chi connectivity index (χ1) is 28.4. The molecule has 0 aliphatic carbocycles. The minimum atomic E-state index is -4.04. The Bertz CT molecular complexity index is 2300. The van der Waals surface area contributed by atoms with Crippen molar-refractivity contribution < 1.29 is 32.7 Å². The van der Waals surface area contributed by atoms with Gasteiger partial charge < -0.3 is 24.8 Å². The molecule has 2 heterocycles. The van der Waals surface area contributed by atoms with Crippen LogP contribution in [0.4, 0.5) is 17.1 Å². The molecule has 0 spiro atoms. The summed E-state index contributed by atoms with van der Waals surface area (Å²) in [7, 11) is -4.04. The molecule has 5 aromatic carbocycles. The highest BCUT2D eigenvalue weighted by molar-refractivity contribution is 7.89. The number of carbonyl (C=O) groups is 1. The smallest absolute Gasteiger partial charge is 0.269 e. The van der Waals surface area contributed by atoms with Crippen LogP contribution < -0.4 is 14.9 Å². The molecular formula is C45H49N5O8S. The number of carbonyl (C=O) groups excluding carboxylic acids is 1. The molecule has 2 aliphatic heterocycles. The van der Waals surface area contributed by atoms with Gasteiger partial charge in [0.25, 0.3) is 5.69 Å². The number of anilines is 2. The highest BCUT2D eigenvalue weighted by atomic mass is 32.2. The number of nitrogens with zero attached hydrogens (tertiary/aromatic N) is 3. The topological polar surface area (TPSA) is 164 Å². The van der Waals surface area contributed by atoms with E-state index in [2.05, 4.69) is 26.8 Å². The third kappa shape index (κ3) is 10.4. The number of piperazine rings is 1. The molecule has 13 nitrogen and oxygen atoms in total. The molecule has 5 aromatic rings. The average molecular weight is 820 g/mol. The first kappa shape index (κ1) is 41.7. The minimum absolute atomic E-state index is 0.0536. The zero-order valence-corrected chi connectivity index (χ0v) is 33.8. The van der Waals surface area contributed by atoms with Crippen molar-refractivity contribution in [2.75, 3.05) is 42.9 Å². The number of nitrogens with one attached hydrogen (secondary N) is 2. The maximum atomic E-state index is 14.0. The van der Waals surface area contributed by atoms with Crippen LogP contribution in [0.5, 0.6) is 0 Å².